The Balaban J connectivity index is 1.94. The molecule has 1 aliphatic rings. The van der Waals surface area contributed by atoms with E-state index in [4.69, 9.17) is 0 Å². The Morgan fingerprint density at radius 3 is 2.38 bits per heavy atom. The zero-order valence-corrected chi connectivity index (χ0v) is 14.4. The Labute approximate surface area is 144 Å². The van der Waals surface area contributed by atoms with Crippen LogP contribution >= 0.6 is 0 Å². The van der Waals surface area contributed by atoms with E-state index in [1.165, 1.54) is 0 Å². The Bertz CT molecular complexity index is 682. The normalized spacial score (nSPS) is 16.9. The van der Waals surface area contributed by atoms with Crippen LogP contribution in [0.25, 0.3) is 0 Å². The summed E-state index contributed by atoms with van der Waals surface area (Å²) in [5.41, 5.74) is 2.88. The zero-order valence-electron chi connectivity index (χ0n) is 14.4. The smallest absolute Gasteiger partial charge is 0.255 e. The van der Waals surface area contributed by atoms with Crippen LogP contribution in [0.4, 0.5) is 5.69 Å². The van der Waals surface area contributed by atoms with Crippen LogP contribution in [0.3, 0.4) is 0 Å². The van der Waals surface area contributed by atoms with E-state index in [1.807, 2.05) is 42.5 Å². The van der Waals surface area contributed by atoms with Crippen molar-refractivity contribution in [2.75, 3.05) is 31.1 Å². The third-order valence-corrected chi connectivity index (χ3v) is 4.70. The average Bonchev–Trinajstić information content (AvgIpc) is 2.64. The first-order valence-corrected chi connectivity index (χ1v) is 8.68. The van der Waals surface area contributed by atoms with E-state index < -0.39 is 0 Å². The van der Waals surface area contributed by atoms with Gasteiger partial charge in [0.15, 0.2) is 0 Å². The van der Waals surface area contributed by atoms with Gasteiger partial charge in [0.2, 0.25) is 0 Å². The number of rotatable bonds is 6. The maximum absolute atomic E-state index is 12.5. The fourth-order valence-electron chi connectivity index (χ4n) is 3.27. The predicted octanol–water partition coefficient (Wildman–Crippen LogP) is 3.28. The lowest BCUT2D eigenvalue weighted by atomic mass is 10.0. The van der Waals surface area contributed by atoms with Crippen molar-refractivity contribution >= 4 is 11.6 Å². The number of fused-ring (bicyclic) bond motifs is 1. The number of carbonyl (C=O) groups is 1. The number of hydrogen-bond donors (Lipinski definition) is 1. The first kappa shape index (κ1) is 16.5. The highest BCUT2D eigenvalue weighted by molar-refractivity contribution is 6.02. The van der Waals surface area contributed by atoms with Crippen LogP contribution in [0.5, 0.6) is 0 Å². The van der Waals surface area contributed by atoms with Crippen LogP contribution in [0.15, 0.2) is 54.6 Å². The number of nitrogens with one attached hydrogen (secondary N) is 1. The molecule has 1 N–H and O–H groups in total. The predicted molar refractivity (Wildman–Crippen MR) is 98.2 cm³/mol. The van der Waals surface area contributed by atoms with Crippen molar-refractivity contribution in [3.05, 3.63) is 65.7 Å². The first-order chi connectivity index (χ1) is 11.7. The van der Waals surface area contributed by atoms with Gasteiger partial charge in [-0.1, -0.05) is 56.3 Å². The number of likely N-dealkylation sites (N-methyl/N-ethyl adjacent to an activating group) is 1. The molecule has 2 aromatic rings. The molecule has 4 heteroatoms. The molecular weight excluding hydrogens is 298 g/mol. The number of anilines is 1. The molecule has 0 aliphatic carbocycles. The zero-order chi connectivity index (χ0) is 16.9. The SMILES string of the molecule is CCN(CC)CCN1c2ccccc2C(=O)NC1c1ccccc1. The maximum atomic E-state index is 12.5. The fraction of sp³-hybridized carbons (Fsp3) is 0.350. The van der Waals surface area contributed by atoms with Crippen molar-refractivity contribution in [1.29, 1.82) is 0 Å². The third-order valence-electron chi connectivity index (χ3n) is 4.70. The summed E-state index contributed by atoms with van der Waals surface area (Å²) in [6.07, 6.45) is -0.121. The summed E-state index contributed by atoms with van der Waals surface area (Å²) in [5, 5.41) is 3.17. The van der Waals surface area contributed by atoms with Gasteiger partial charge in [-0.05, 0) is 30.8 Å². The minimum atomic E-state index is -0.121. The van der Waals surface area contributed by atoms with Gasteiger partial charge in [0, 0.05) is 13.1 Å². The molecule has 0 radical (unpaired) electrons. The van der Waals surface area contributed by atoms with E-state index in [2.05, 4.69) is 41.1 Å². The van der Waals surface area contributed by atoms with Gasteiger partial charge in [0.25, 0.3) is 5.91 Å². The molecule has 0 spiro atoms. The second-order valence-electron chi connectivity index (χ2n) is 6.02. The van der Waals surface area contributed by atoms with Crippen molar-refractivity contribution < 1.29 is 4.79 Å². The van der Waals surface area contributed by atoms with Crippen LogP contribution in [0, 0.1) is 0 Å². The highest BCUT2D eigenvalue weighted by Gasteiger charge is 2.31. The molecule has 0 saturated carbocycles. The molecule has 0 aromatic heterocycles. The van der Waals surface area contributed by atoms with Gasteiger partial charge in [0.1, 0.15) is 6.17 Å². The first-order valence-electron chi connectivity index (χ1n) is 8.68. The van der Waals surface area contributed by atoms with Gasteiger partial charge in [-0.15, -0.1) is 0 Å². The van der Waals surface area contributed by atoms with Gasteiger partial charge in [-0.25, -0.2) is 0 Å². The van der Waals surface area contributed by atoms with E-state index in [-0.39, 0.29) is 12.1 Å². The second kappa shape index (κ2) is 7.49. The van der Waals surface area contributed by atoms with Crippen molar-refractivity contribution in [2.45, 2.75) is 20.0 Å². The van der Waals surface area contributed by atoms with E-state index in [1.54, 1.807) is 0 Å². The monoisotopic (exact) mass is 323 g/mol. The Morgan fingerprint density at radius 2 is 1.67 bits per heavy atom. The van der Waals surface area contributed by atoms with Crippen molar-refractivity contribution in [2.24, 2.45) is 0 Å². The summed E-state index contributed by atoms with van der Waals surface area (Å²) >= 11 is 0. The second-order valence-corrected chi connectivity index (χ2v) is 6.02. The summed E-state index contributed by atoms with van der Waals surface area (Å²) in [7, 11) is 0. The van der Waals surface area contributed by atoms with Crippen molar-refractivity contribution in [3.8, 4) is 0 Å². The molecule has 1 aliphatic heterocycles. The molecule has 0 saturated heterocycles. The van der Waals surface area contributed by atoms with E-state index in [9.17, 15) is 4.79 Å². The molecule has 0 fully saturated rings. The molecular formula is C20H25N3O. The lowest BCUT2D eigenvalue weighted by molar-refractivity contribution is 0.0925. The molecule has 24 heavy (non-hydrogen) atoms. The standard InChI is InChI=1S/C20H25N3O/c1-3-22(4-2)14-15-23-18-13-9-8-12-17(18)20(24)21-19(23)16-10-6-5-7-11-16/h5-13,19H,3-4,14-15H2,1-2H3,(H,21,24). The minimum Gasteiger partial charge on any atom is -0.345 e. The molecule has 1 heterocycles. The number of amides is 1. The average molecular weight is 323 g/mol. The Morgan fingerprint density at radius 1 is 1.00 bits per heavy atom. The third kappa shape index (κ3) is 3.29. The highest BCUT2D eigenvalue weighted by Crippen LogP contribution is 2.32. The van der Waals surface area contributed by atoms with Gasteiger partial charge in [0.05, 0.1) is 11.3 Å². The van der Waals surface area contributed by atoms with Crippen LogP contribution < -0.4 is 10.2 Å². The van der Waals surface area contributed by atoms with E-state index in [0.717, 1.165) is 43.0 Å². The van der Waals surface area contributed by atoms with Crippen LogP contribution in [-0.4, -0.2) is 37.0 Å². The van der Waals surface area contributed by atoms with Gasteiger partial charge in [-0.3, -0.25) is 4.79 Å². The van der Waals surface area contributed by atoms with Crippen LogP contribution in [-0.2, 0) is 0 Å². The minimum absolute atomic E-state index is 0.00135. The Kier molecular flexibility index (Phi) is 5.16. The highest BCUT2D eigenvalue weighted by atomic mass is 16.2. The largest absolute Gasteiger partial charge is 0.345 e. The molecule has 1 amide bonds. The molecule has 0 bridgehead atoms. The Hall–Kier alpha value is -2.33. The van der Waals surface area contributed by atoms with E-state index in [0.29, 0.717) is 0 Å². The molecule has 1 unspecified atom stereocenters. The summed E-state index contributed by atoms with van der Waals surface area (Å²) in [6.45, 7) is 8.29. The number of nitrogens with zero attached hydrogens (tertiary/aromatic N) is 2. The van der Waals surface area contributed by atoms with Crippen molar-refractivity contribution in [1.82, 2.24) is 10.2 Å². The van der Waals surface area contributed by atoms with Crippen LogP contribution in [0.1, 0.15) is 35.9 Å². The molecule has 3 rings (SSSR count). The number of carbonyl (C=O) groups excluding carboxylic acids is 1. The lowest BCUT2D eigenvalue weighted by Crippen LogP contribution is -2.49. The van der Waals surface area contributed by atoms with Crippen molar-refractivity contribution in [3.63, 3.8) is 0 Å². The van der Waals surface area contributed by atoms with E-state index >= 15 is 0 Å². The quantitative estimate of drug-likeness (QED) is 0.886. The molecule has 126 valence electrons. The topological polar surface area (TPSA) is 35.6 Å². The summed E-state index contributed by atoms with van der Waals surface area (Å²) < 4.78 is 0. The molecule has 4 nitrogen and oxygen atoms in total. The molecule has 2 aromatic carbocycles. The summed E-state index contributed by atoms with van der Waals surface area (Å²) in [5.74, 6) is -0.00135. The number of benzene rings is 2. The summed E-state index contributed by atoms with van der Waals surface area (Å²) in [6, 6.07) is 18.1. The lowest BCUT2D eigenvalue weighted by Gasteiger charge is -2.40. The van der Waals surface area contributed by atoms with Gasteiger partial charge >= 0.3 is 0 Å². The van der Waals surface area contributed by atoms with Gasteiger partial charge in [-0.2, -0.15) is 0 Å². The number of para-hydroxylation sites is 1. The van der Waals surface area contributed by atoms with Crippen LogP contribution in [0.2, 0.25) is 0 Å². The number of hydrogen-bond acceptors (Lipinski definition) is 3. The maximum Gasteiger partial charge on any atom is 0.255 e. The fourth-order valence-corrected chi connectivity index (χ4v) is 3.27. The molecule has 1 atom stereocenters. The summed E-state index contributed by atoms with van der Waals surface area (Å²) in [4.78, 5) is 17.2. The van der Waals surface area contributed by atoms with Gasteiger partial charge < -0.3 is 15.1 Å².